The first-order valence-electron chi connectivity index (χ1n) is 11.7. The summed E-state index contributed by atoms with van der Waals surface area (Å²) in [6, 6.07) is 14.3. The highest BCUT2D eigenvalue weighted by molar-refractivity contribution is 7.80. The van der Waals surface area contributed by atoms with Crippen LogP contribution in [0.1, 0.15) is 73.1 Å². The fourth-order valence-corrected chi connectivity index (χ4v) is 3.92. The first-order valence-corrected chi connectivity index (χ1v) is 12.1. The molecule has 2 amide bonds. The van der Waals surface area contributed by atoms with E-state index in [-0.39, 0.29) is 23.0 Å². The van der Waals surface area contributed by atoms with E-state index >= 15 is 0 Å². The fraction of sp³-hybridized carbons (Fsp3) is 0.423. The van der Waals surface area contributed by atoms with Gasteiger partial charge in [0.25, 0.3) is 11.8 Å². The Morgan fingerprint density at radius 2 is 1.73 bits per heavy atom. The summed E-state index contributed by atoms with van der Waals surface area (Å²) in [4.78, 5) is 25.1. The number of ether oxygens (including phenoxy) is 1. The van der Waals surface area contributed by atoms with E-state index in [0.29, 0.717) is 29.3 Å². The summed E-state index contributed by atoms with van der Waals surface area (Å²) in [5.41, 5.74) is 1.69. The zero-order chi connectivity index (χ0) is 23.6. The number of amides is 2. The fourth-order valence-electron chi connectivity index (χ4n) is 3.71. The Kier molecular flexibility index (Phi) is 9.24. The van der Waals surface area contributed by atoms with Gasteiger partial charge in [0.2, 0.25) is 0 Å². The van der Waals surface area contributed by atoms with Crippen molar-refractivity contribution in [1.82, 2.24) is 10.6 Å². The van der Waals surface area contributed by atoms with Crippen molar-refractivity contribution in [2.45, 2.75) is 58.4 Å². The Hall–Kier alpha value is -2.93. The third kappa shape index (κ3) is 8.17. The second-order valence-corrected chi connectivity index (χ2v) is 9.26. The van der Waals surface area contributed by atoms with Crippen LogP contribution in [0.3, 0.4) is 0 Å². The average molecular weight is 468 g/mol. The molecule has 0 heterocycles. The Morgan fingerprint density at radius 1 is 1.00 bits per heavy atom. The van der Waals surface area contributed by atoms with Gasteiger partial charge in [-0.25, -0.2) is 0 Å². The lowest BCUT2D eigenvalue weighted by molar-refractivity contribution is 0.0926. The van der Waals surface area contributed by atoms with Crippen LogP contribution < -0.4 is 20.7 Å². The van der Waals surface area contributed by atoms with Crippen molar-refractivity contribution in [3.8, 4) is 5.75 Å². The number of hydrogen-bond acceptors (Lipinski definition) is 4. The minimum atomic E-state index is -0.313. The molecule has 3 N–H and O–H groups in total. The third-order valence-electron chi connectivity index (χ3n) is 5.63. The topological polar surface area (TPSA) is 79.5 Å². The summed E-state index contributed by atoms with van der Waals surface area (Å²) >= 11 is 5.29. The average Bonchev–Trinajstić information content (AvgIpc) is 2.80. The minimum Gasteiger partial charge on any atom is -0.494 e. The van der Waals surface area contributed by atoms with Gasteiger partial charge >= 0.3 is 0 Å². The van der Waals surface area contributed by atoms with Gasteiger partial charge in [0.05, 0.1) is 6.61 Å². The van der Waals surface area contributed by atoms with Crippen LogP contribution in [-0.2, 0) is 0 Å². The lowest BCUT2D eigenvalue weighted by Crippen LogP contribution is -2.36. The molecule has 0 atom stereocenters. The molecule has 0 radical (unpaired) electrons. The molecular weight excluding hydrogens is 434 g/mol. The lowest BCUT2D eigenvalue weighted by Gasteiger charge is -2.22. The zero-order valence-electron chi connectivity index (χ0n) is 19.4. The Bertz CT molecular complexity index is 954. The molecule has 1 saturated carbocycles. The summed E-state index contributed by atoms with van der Waals surface area (Å²) in [7, 11) is 0. The molecule has 0 aliphatic heterocycles. The maximum Gasteiger partial charge on any atom is 0.257 e. The summed E-state index contributed by atoms with van der Waals surface area (Å²) in [6.45, 7) is 4.95. The molecule has 0 spiro atoms. The van der Waals surface area contributed by atoms with Crippen molar-refractivity contribution in [3.05, 3.63) is 59.7 Å². The molecule has 0 unspecified atom stereocenters. The third-order valence-corrected chi connectivity index (χ3v) is 5.83. The molecule has 2 aromatic rings. The molecule has 33 heavy (non-hydrogen) atoms. The maximum atomic E-state index is 12.6. The van der Waals surface area contributed by atoms with Gasteiger partial charge in [0, 0.05) is 22.9 Å². The lowest BCUT2D eigenvalue weighted by atomic mass is 9.95. The number of rotatable bonds is 8. The van der Waals surface area contributed by atoms with E-state index in [2.05, 4.69) is 29.8 Å². The van der Waals surface area contributed by atoms with Crippen LogP contribution in [0.4, 0.5) is 5.69 Å². The zero-order valence-corrected chi connectivity index (χ0v) is 20.2. The molecule has 1 fully saturated rings. The largest absolute Gasteiger partial charge is 0.494 e. The summed E-state index contributed by atoms with van der Waals surface area (Å²) in [6.07, 6.45) is 6.61. The molecule has 0 saturated heterocycles. The van der Waals surface area contributed by atoms with Crippen LogP contribution in [0.25, 0.3) is 0 Å². The molecule has 6 nitrogen and oxygen atoms in total. The van der Waals surface area contributed by atoms with Crippen LogP contribution in [0.2, 0.25) is 0 Å². The number of nitrogens with one attached hydrogen (secondary N) is 3. The van der Waals surface area contributed by atoms with Crippen molar-refractivity contribution < 1.29 is 14.3 Å². The first-order chi connectivity index (χ1) is 15.9. The molecule has 7 heteroatoms. The molecule has 176 valence electrons. The number of hydrogen-bond donors (Lipinski definition) is 3. The minimum absolute atomic E-state index is 0.0868. The predicted octanol–water partition coefficient (Wildman–Crippen LogP) is 5.30. The Balaban J connectivity index is 1.50. The standard InChI is InChI=1S/C26H33N3O3S/c1-18(2)15-16-32-23-13-11-19(12-14-23)24(30)29-26(33)28-22-10-6-7-20(17-22)25(31)27-21-8-4-3-5-9-21/h6-7,10-14,17-18,21H,3-5,8-9,15-16H2,1-2H3,(H,27,31)(H2,28,29,30,33). The number of carbonyl (C=O) groups is 2. The van der Waals surface area contributed by atoms with Crippen molar-refractivity contribution in [3.63, 3.8) is 0 Å². The van der Waals surface area contributed by atoms with E-state index in [1.807, 2.05) is 0 Å². The quantitative estimate of drug-likeness (QED) is 0.459. The van der Waals surface area contributed by atoms with Gasteiger partial charge in [0.15, 0.2) is 5.11 Å². The van der Waals surface area contributed by atoms with E-state index in [1.54, 1.807) is 48.5 Å². The second-order valence-electron chi connectivity index (χ2n) is 8.85. The van der Waals surface area contributed by atoms with Crippen molar-refractivity contribution >= 4 is 34.8 Å². The molecule has 0 aromatic heterocycles. The summed E-state index contributed by atoms with van der Waals surface area (Å²) in [5.74, 6) is 0.912. The molecule has 1 aliphatic rings. The molecular formula is C26H33N3O3S. The van der Waals surface area contributed by atoms with E-state index in [4.69, 9.17) is 17.0 Å². The van der Waals surface area contributed by atoms with E-state index in [1.165, 1.54) is 6.42 Å². The maximum absolute atomic E-state index is 12.6. The number of carbonyl (C=O) groups excluding carboxylic acids is 2. The highest BCUT2D eigenvalue weighted by atomic mass is 32.1. The Labute approximate surface area is 201 Å². The van der Waals surface area contributed by atoms with Gasteiger partial charge in [-0.1, -0.05) is 39.2 Å². The van der Waals surface area contributed by atoms with E-state index < -0.39 is 0 Å². The van der Waals surface area contributed by atoms with E-state index in [0.717, 1.165) is 37.9 Å². The van der Waals surface area contributed by atoms with Crippen molar-refractivity contribution in [2.24, 2.45) is 5.92 Å². The molecule has 1 aliphatic carbocycles. The van der Waals surface area contributed by atoms with Crippen LogP contribution in [0.5, 0.6) is 5.75 Å². The van der Waals surface area contributed by atoms with Gasteiger partial charge in [-0.15, -0.1) is 0 Å². The molecule has 2 aromatic carbocycles. The molecule has 0 bridgehead atoms. The van der Waals surface area contributed by atoms with Gasteiger partial charge < -0.3 is 15.4 Å². The highest BCUT2D eigenvalue weighted by Crippen LogP contribution is 2.19. The second kappa shape index (κ2) is 12.3. The number of thiocarbonyl (C=S) groups is 1. The predicted molar refractivity (Wildman–Crippen MR) is 136 cm³/mol. The first kappa shape index (κ1) is 24.7. The van der Waals surface area contributed by atoms with Gasteiger partial charge in [-0.05, 0) is 79.9 Å². The van der Waals surface area contributed by atoms with Crippen LogP contribution in [-0.4, -0.2) is 29.6 Å². The van der Waals surface area contributed by atoms with Crippen LogP contribution >= 0.6 is 12.2 Å². The molecule has 3 rings (SSSR count). The Morgan fingerprint density at radius 3 is 2.42 bits per heavy atom. The normalized spacial score (nSPS) is 13.9. The number of benzene rings is 2. The van der Waals surface area contributed by atoms with Crippen molar-refractivity contribution in [2.75, 3.05) is 11.9 Å². The van der Waals surface area contributed by atoms with Gasteiger partial charge in [-0.2, -0.15) is 0 Å². The highest BCUT2D eigenvalue weighted by Gasteiger charge is 2.17. The summed E-state index contributed by atoms with van der Waals surface area (Å²) in [5, 5.41) is 8.94. The smallest absolute Gasteiger partial charge is 0.257 e. The monoisotopic (exact) mass is 467 g/mol. The van der Waals surface area contributed by atoms with Crippen LogP contribution in [0.15, 0.2) is 48.5 Å². The van der Waals surface area contributed by atoms with E-state index in [9.17, 15) is 9.59 Å². The van der Waals surface area contributed by atoms with Gasteiger partial charge in [-0.3, -0.25) is 14.9 Å². The SMILES string of the molecule is CC(C)CCOc1ccc(C(=O)NC(=S)Nc2cccc(C(=O)NC3CCCCC3)c2)cc1. The summed E-state index contributed by atoms with van der Waals surface area (Å²) < 4.78 is 5.69. The van der Waals surface area contributed by atoms with Crippen molar-refractivity contribution in [1.29, 1.82) is 0 Å². The van der Waals surface area contributed by atoms with Gasteiger partial charge in [0.1, 0.15) is 5.75 Å². The van der Waals surface area contributed by atoms with Crippen LogP contribution in [0, 0.1) is 5.92 Å². The number of anilines is 1.